The number of likely N-dealkylation sites (tertiary alicyclic amines) is 1. The van der Waals surface area contributed by atoms with Gasteiger partial charge in [0.05, 0.1) is 0 Å². The van der Waals surface area contributed by atoms with Crippen LogP contribution in [0.15, 0.2) is 42.2 Å². The highest BCUT2D eigenvalue weighted by Crippen LogP contribution is 2.18. The summed E-state index contributed by atoms with van der Waals surface area (Å²) in [6.45, 7) is 2.63. The van der Waals surface area contributed by atoms with E-state index < -0.39 is 0 Å². The summed E-state index contributed by atoms with van der Waals surface area (Å²) >= 11 is 0. The van der Waals surface area contributed by atoms with Crippen molar-refractivity contribution in [3.05, 3.63) is 47.8 Å². The number of carbonyl (C=O) groups excluding carboxylic acids is 1. The van der Waals surface area contributed by atoms with Crippen LogP contribution >= 0.6 is 0 Å². The Morgan fingerprint density at radius 1 is 1.41 bits per heavy atom. The molecule has 0 unspecified atom stereocenters. The molecule has 2 N–H and O–H groups in total. The fraction of sp³-hybridized carbons (Fsp3) is 0.429. The monoisotopic (exact) mass is 365 g/mol. The van der Waals surface area contributed by atoms with Crippen molar-refractivity contribution in [3.8, 4) is 6.07 Å². The van der Waals surface area contributed by atoms with Crippen LogP contribution in [0.2, 0.25) is 0 Å². The number of benzene rings is 1. The van der Waals surface area contributed by atoms with Crippen LogP contribution in [0.25, 0.3) is 10.9 Å². The van der Waals surface area contributed by atoms with Gasteiger partial charge in [0.25, 0.3) is 5.91 Å². The van der Waals surface area contributed by atoms with Gasteiger partial charge in [0.2, 0.25) is 0 Å². The molecule has 0 atom stereocenters. The maximum atomic E-state index is 12.6. The van der Waals surface area contributed by atoms with E-state index in [9.17, 15) is 10.1 Å². The van der Waals surface area contributed by atoms with Gasteiger partial charge >= 0.3 is 0 Å². The Morgan fingerprint density at radius 3 is 2.89 bits per heavy atom. The molecule has 0 aliphatic carbocycles. The van der Waals surface area contributed by atoms with Gasteiger partial charge in [-0.05, 0) is 51.0 Å². The second-order valence-corrected chi connectivity index (χ2v) is 7.18. The highest BCUT2D eigenvalue weighted by Gasteiger charge is 2.25. The molecular formula is C21H27N5O. The second kappa shape index (κ2) is 8.74. The number of aromatic amines is 1. The van der Waals surface area contributed by atoms with Crippen LogP contribution in [0, 0.1) is 11.3 Å². The number of nitriles is 1. The normalized spacial score (nSPS) is 16.3. The third-order valence-electron chi connectivity index (χ3n) is 5.37. The van der Waals surface area contributed by atoms with Crippen LogP contribution in [0.4, 0.5) is 0 Å². The number of fused-ring (bicyclic) bond motifs is 1. The van der Waals surface area contributed by atoms with Crippen molar-refractivity contribution in [1.29, 1.82) is 5.26 Å². The van der Waals surface area contributed by atoms with Crippen molar-refractivity contribution in [2.45, 2.75) is 25.3 Å². The summed E-state index contributed by atoms with van der Waals surface area (Å²) in [5, 5.41) is 13.7. The fourth-order valence-corrected chi connectivity index (χ4v) is 3.60. The fourth-order valence-electron chi connectivity index (χ4n) is 3.60. The molecule has 142 valence electrons. The number of hydrogen-bond donors (Lipinski definition) is 2. The number of piperidine rings is 1. The number of amides is 1. The highest BCUT2D eigenvalue weighted by molar-refractivity contribution is 5.97. The molecule has 6 heteroatoms. The summed E-state index contributed by atoms with van der Waals surface area (Å²) in [5.41, 5.74) is 2.51. The van der Waals surface area contributed by atoms with Gasteiger partial charge in [-0.25, -0.2) is 0 Å². The van der Waals surface area contributed by atoms with E-state index >= 15 is 0 Å². The third kappa shape index (κ3) is 4.50. The molecule has 0 spiro atoms. The Balaban J connectivity index is 1.54. The predicted molar refractivity (Wildman–Crippen MR) is 107 cm³/mol. The van der Waals surface area contributed by atoms with E-state index in [2.05, 4.69) is 34.4 Å². The first-order valence-corrected chi connectivity index (χ1v) is 9.44. The van der Waals surface area contributed by atoms with Crippen molar-refractivity contribution in [1.82, 2.24) is 20.1 Å². The summed E-state index contributed by atoms with van der Waals surface area (Å²) < 4.78 is 0. The first-order chi connectivity index (χ1) is 13.1. The molecule has 3 rings (SSSR count). The standard InChI is InChI=1S/C21H27N5O/c1-25-11-8-18(9-12-25)26(2)21(27)17(13-22)14-23-10-7-16-15-24-20-6-4-3-5-19(16)20/h3-6,14-15,18,23-24H,7-12H2,1-2H3/b17-14-. The lowest BCUT2D eigenvalue weighted by Gasteiger charge is -2.34. The van der Waals surface area contributed by atoms with E-state index in [-0.39, 0.29) is 17.5 Å². The molecule has 6 nitrogen and oxygen atoms in total. The predicted octanol–water partition coefficient (Wildman–Crippen LogP) is 2.26. The molecule has 1 amide bonds. The Hall–Kier alpha value is -2.78. The van der Waals surface area contributed by atoms with Gasteiger partial charge in [-0.3, -0.25) is 4.79 Å². The number of nitrogens with one attached hydrogen (secondary N) is 2. The quantitative estimate of drug-likeness (QED) is 0.468. The van der Waals surface area contributed by atoms with Gasteiger partial charge in [0, 0.05) is 42.9 Å². The van der Waals surface area contributed by atoms with Gasteiger partial charge < -0.3 is 20.1 Å². The maximum absolute atomic E-state index is 12.6. The van der Waals surface area contributed by atoms with Crippen LogP contribution < -0.4 is 5.32 Å². The van der Waals surface area contributed by atoms with E-state index in [1.807, 2.05) is 24.4 Å². The van der Waals surface area contributed by atoms with Gasteiger partial charge in [-0.2, -0.15) is 5.26 Å². The van der Waals surface area contributed by atoms with Crippen molar-refractivity contribution in [2.75, 3.05) is 33.7 Å². The maximum Gasteiger partial charge on any atom is 0.265 e. The Bertz CT molecular complexity index is 855. The first kappa shape index (κ1) is 19.0. The number of aromatic nitrogens is 1. The molecule has 1 fully saturated rings. The largest absolute Gasteiger partial charge is 0.389 e. The molecule has 0 radical (unpaired) electrons. The Kier molecular flexibility index (Phi) is 6.15. The van der Waals surface area contributed by atoms with E-state index in [0.29, 0.717) is 6.54 Å². The zero-order chi connectivity index (χ0) is 19.2. The molecular weight excluding hydrogens is 338 g/mol. The van der Waals surface area contributed by atoms with Gasteiger partial charge in [0.15, 0.2) is 0 Å². The van der Waals surface area contributed by atoms with Gasteiger partial charge in [-0.15, -0.1) is 0 Å². The van der Waals surface area contributed by atoms with E-state index in [1.165, 1.54) is 10.9 Å². The van der Waals surface area contributed by atoms with E-state index in [0.717, 1.165) is 37.9 Å². The van der Waals surface area contributed by atoms with E-state index in [1.54, 1.807) is 18.1 Å². The number of likely N-dealkylation sites (N-methyl/N-ethyl adjacent to an activating group) is 1. The number of para-hydroxylation sites is 1. The van der Waals surface area contributed by atoms with E-state index in [4.69, 9.17) is 0 Å². The SMILES string of the molecule is CN1CCC(N(C)C(=O)/C(C#N)=C\NCCc2c[nH]c3ccccc23)CC1. The number of rotatable bonds is 6. The summed E-state index contributed by atoms with van der Waals surface area (Å²) in [6.07, 6.45) is 6.29. The minimum atomic E-state index is -0.202. The number of hydrogen-bond acceptors (Lipinski definition) is 4. The van der Waals surface area contributed by atoms with Crippen molar-refractivity contribution < 1.29 is 4.79 Å². The smallest absolute Gasteiger partial charge is 0.265 e. The topological polar surface area (TPSA) is 75.2 Å². The molecule has 1 saturated heterocycles. The number of carbonyl (C=O) groups is 1. The molecule has 1 aliphatic heterocycles. The summed E-state index contributed by atoms with van der Waals surface area (Å²) in [4.78, 5) is 19.9. The molecule has 0 bridgehead atoms. The van der Waals surface area contributed by atoms with Gasteiger partial charge in [0.1, 0.15) is 11.6 Å². The highest BCUT2D eigenvalue weighted by atomic mass is 16.2. The molecule has 27 heavy (non-hydrogen) atoms. The zero-order valence-corrected chi connectivity index (χ0v) is 16.0. The number of H-pyrrole nitrogens is 1. The summed E-state index contributed by atoms with van der Waals surface area (Å²) in [6, 6.07) is 10.4. The summed E-state index contributed by atoms with van der Waals surface area (Å²) in [5.74, 6) is -0.202. The van der Waals surface area contributed by atoms with Gasteiger partial charge in [-0.1, -0.05) is 18.2 Å². The molecule has 1 aromatic heterocycles. The molecule has 1 aliphatic rings. The first-order valence-electron chi connectivity index (χ1n) is 9.44. The van der Waals surface area contributed by atoms with Crippen molar-refractivity contribution >= 4 is 16.8 Å². The molecule has 0 saturated carbocycles. The molecule has 2 heterocycles. The zero-order valence-electron chi connectivity index (χ0n) is 16.0. The minimum Gasteiger partial charge on any atom is -0.389 e. The van der Waals surface area contributed by atoms with Crippen LogP contribution in [0.1, 0.15) is 18.4 Å². The van der Waals surface area contributed by atoms with Crippen LogP contribution in [-0.2, 0) is 11.2 Å². The third-order valence-corrected chi connectivity index (χ3v) is 5.37. The second-order valence-electron chi connectivity index (χ2n) is 7.18. The van der Waals surface area contributed by atoms with Crippen LogP contribution in [0.3, 0.4) is 0 Å². The lowest BCUT2D eigenvalue weighted by Crippen LogP contribution is -2.45. The summed E-state index contributed by atoms with van der Waals surface area (Å²) in [7, 11) is 3.89. The molecule has 1 aromatic carbocycles. The Labute approximate surface area is 160 Å². The van der Waals surface area contributed by atoms with Crippen molar-refractivity contribution in [2.24, 2.45) is 0 Å². The lowest BCUT2D eigenvalue weighted by atomic mass is 10.0. The average molecular weight is 365 g/mol. The van der Waals surface area contributed by atoms with Crippen molar-refractivity contribution in [3.63, 3.8) is 0 Å². The molecule has 2 aromatic rings. The van der Waals surface area contributed by atoms with Crippen LogP contribution in [-0.4, -0.2) is 60.5 Å². The minimum absolute atomic E-state index is 0.162. The number of nitrogens with zero attached hydrogens (tertiary/aromatic N) is 3. The average Bonchev–Trinajstić information content (AvgIpc) is 3.11. The van der Waals surface area contributed by atoms with Crippen LogP contribution in [0.5, 0.6) is 0 Å². The lowest BCUT2D eigenvalue weighted by molar-refractivity contribution is -0.128. The Morgan fingerprint density at radius 2 is 2.15 bits per heavy atom.